The summed E-state index contributed by atoms with van der Waals surface area (Å²) in [5, 5.41) is 22.3. The number of para-hydroxylation sites is 1. The second-order valence-electron chi connectivity index (χ2n) is 4.66. The van der Waals surface area contributed by atoms with Crippen molar-refractivity contribution in [3.8, 4) is 5.75 Å². The van der Waals surface area contributed by atoms with E-state index < -0.39 is 6.10 Å². The molecule has 0 radical (unpaired) electrons. The van der Waals surface area contributed by atoms with Crippen molar-refractivity contribution in [2.75, 3.05) is 0 Å². The number of rotatable bonds is 5. The average Bonchev–Trinajstić information content (AvgIpc) is 2.92. The molecular weight excluding hydrogens is 258 g/mol. The van der Waals surface area contributed by atoms with Crippen LogP contribution in [0.1, 0.15) is 35.6 Å². The lowest BCUT2D eigenvalue weighted by Crippen LogP contribution is -2.33. The lowest BCUT2D eigenvalue weighted by atomic mass is 10.1. The van der Waals surface area contributed by atoms with Gasteiger partial charge in [0.1, 0.15) is 17.6 Å². The van der Waals surface area contributed by atoms with E-state index in [1.807, 2.05) is 0 Å². The normalized spacial score (nSPS) is 13.7. The topological polar surface area (TPSA) is 82.7 Å². The molecule has 0 aliphatic carbocycles. The van der Waals surface area contributed by atoms with Crippen LogP contribution in [0.3, 0.4) is 0 Å². The number of hydrogen-bond donors (Lipinski definition) is 3. The highest BCUT2D eigenvalue weighted by Crippen LogP contribution is 2.19. The second kappa shape index (κ2) is 6.25. The SMILES string of the molecule is CC(CC(O)c1ccco1)NC(=O)c1ccccc1O. The lowest BCUT2D eigenvalue weighted by Gasteiger charge is -2.17. The van der Waals surface area contributed by atoms with Crippen molar-refractivity contribution >= 4 is 5.91 Å². The van der Waals surface area contributed by atoms with Gasteiger partial charge in [0.05, 0.1) is 11.8 Å². The third kappa shape index (κ3) is 3.39. The number of amides is 1. The zero-order chi connectivity index (χ0) is 14.5. The van der Waals surface area contributed by atoms with E-state index in [2.05, 4.69) is 5.32 Å². The highest BCUT2D eigenvalue weighted by Gasteiger charge is 2.18. The number of aliphatic hydroxyl groups excluding tert-OH is 1. The van der Waals surface area contributed by atoms with Crippen LogP contribution in [0, 0.1) is 0 Å². The van der Waals surface area contributed by atoms with Gasteiger partial charge in [-0.3, -0.25) is 4.79 Å². The zero-order valence-corrected chi connectivity index (χ0v) is 11.1. The number of aromatic hydroxyl groups is 1. The van der Waals surface area contributed by atoms with Gasteiger partial charge in [0, 0.05) is 12.5 Å². The maximum absolute atomic E-state index is 12.0. The smallest absolute Gasteiger partial charge is 0.255 e. The van der Waals surface area contributed by atoms with Gasteiger partial charge in [0.2, 0.25) is 0 Å². The van der Waals surface area contributed by atoms with Crippen LogP contribution in [0.2, 0.25) is 0 Å². The van der Waals surface area contributed by atoms with Gasteiger partial charge in [-0.2, -0.15) is 0 Å². The Labute approximate surface area is 116 Å². The van der Waals surface area contributed by atoms with Gasteiger partial charge >= 0.3 is 0 Å². The first-order valence-electron chi connectivity index (χ1n) is 6.38. The number of hydrogen-bond acceptors (Lipinski definition) is 4. The van der Waals surface area contributed by atoms with Crippen LogP contribution in [0.25, 0.3) is 0 Å². The molecule has 2 atom stereocenters. The fourth-order valence-electron chi connectivity index (χ4n) is 1.96. The highest BCUT2D eigenvalue weighted by atomic mass is 16.4. The summed E-state index contributed by atoms with van der Waals surface area (Å²) in [4.78, 5) is 12.0. The standard InChI is InChI=1S/C15H17NO4/c1-10(9-13(18)14-7-4-8-20-14)16-15(19)11-5-2-3-6-12(11)17/h2-8,10,13,17-18H,9H2,1H3,(H,16,19). The van der Waals surface area contributed by atoms with Gasteiger partial charge in [-0.05, 0) is 31.2 Å². The van der Waals surface area contributed by atoms with E-state index in [0.29, 0.717) is 12.2 Å². The first-order chi connectivity index (χ1) is 9.58. The molecule has 3 N–H and O–H groups in total. The Balaban J connectivity index is 1.93. The van der Waals surface area contributed by atoms with Crippen molar-refractivity contribution in [3.63, 3.8) is 0 Å². The van der Waals surface area contributed by atoms with E-state index >= 15 is 0 Å². The van der Waals surface area contributed by atoms with Crippen molar-refractivity contribution in [2.45, 2.75) is 25.5 Å². The van der Waals surface area contributed by atoms with Crippen LogP contribution in [-0.2, 0) is 0 Å². The Kier molecular flexibility index (Phi) is 4.42. The number of nitrogens with one attached hydrogen (secondary N) is 1. The zero-order valence-electron chi connectivity index (χ0n) is 11.1. The minimum atomic E-state index is -0.773. The van der Waals surface area contributed by atoms with Gasteiger partial charge in [0.25, 0.3) is 5.91 Å². The Morgan fingerprint density at radius 3 is 2.70 bits per heavy atom. The molecule has 1 aromatic heterocycles. The Hall–Kier alpha value is -2.27. The summed E-state index contributed by atoms with van der Waals surface area (Å²) >= 11 is 0. The van der Waals surface area contributed by atoms with Crippen LogP contribution >= 0.6 is 0 Å². The average molecular weight is 275 g/mol. The molecule has 0 saturated carbocycles. The summed E-state index contributed by atoms with van der Waals surface area (Å²) in [6.45, 7) is 1.78. The Morgan fingerprint density at radius 1 is 1.30 bits per heavy atom. The van der Waals surface area contributed by atoms with Crippen LogP contribution in [-0.4, -0.2) is 22.2 Å². The molecule has 1 amide bonds. The minimum absolute atomic E-state index is 0.0659. The predicted molar refractivity (Wildman–Crippen MR) is 73.3 cm³/mol. The summed E-state index contributed by atoms with van der Waals surface area (Å²) in [6.07, 6.45) is 1.04. The first-order valence-corrected chi connectivity index (χ1v) is 6.38. The molecule has 0 spiro atoms. The molecule has 0 aliphatic heterocycles. The monoisotopic (exact) mass is 275 g/mol. The molecule has 0 fully saturated rings. The molecule has 2 rings (SSSR count). The summed E-state index contributed by atoms with van der Waals surface area (Å²) < 4.78 is 5.10. The number of carbonyl (C=O) groups is 1. The summed E-state index contributed by atoms with van der Waals surface area (Å²) in [6, 6.07) is 9.44. The third-order valence-electron chi connectivity index (χ3n) is 2.97. The van der Waals surface area contributed by atoms with Crippen LogP contribution in [0.15, 0.2) is 47.1 Å². The van der Waals surface area contributed by atoms with Crippen molar-refractivity contribution < 1.29 is 19.4 Å². The number of phenols is 1. The molecule has 0 saturated heterocycles. The van der Waals surface area contributed by atoms with E-state index in [4.69, 9.17) is 4.42 Å². The molecule has 106 valence electrons. The second-order valence-corrected chi connectivity index (χ2v) is 4.66. The number of phenolic OH excluding ortho intramolecular Hbond substituents is 1. The van der Waals surface area contributed by atoms with Gasteiger partial charge in [-0.25, -0.2) is 0 Å². The molecule has 0 bridgehead atoms. The number of furan rings is 1. The number of benzene rings is 1. The molecule has 5 heteroatoms. The van der Waals surface area contributed by atoms with Gasteiger partial charge in [0.15, 0.2) is 0 Å². The van der Waals surface area contributed by atoms with Gasteiger partial charge in [-0.15, -0.1) is 0 Å². The van der Waals surface area contributed by atoms with Gasteiger partial charge in [-0.1, -0.05) is 12.1 Å². The van der Waals surface area contributed by atoms with E-state index in [9.17, 15) is 15.0 Å². The fraction of sp³-hybridized carbons (Fsp3) is 0.267. The van der Waals surface area contributed by atoms with Gasteiger partial charge < -0.3 is 19.9 Å². The lowest BCUT2D eigenvalue weighted by molar-refractivity contribution is 0.0900. The molecular formula is C15H17NO4. The summed E-state index contributed by atoms with van der Waals surface area (Å²) in [5.41, 5.74) is 0.215. The van der Waals surface area contributed by atoms with E-state index in [1.54, 1.807) is 37.3 Å². The third-order valence-corrected chi connectivity index (χ3v) is 2.97. The molecule has 5 nitrogen and oxygen atoms in total. The molecule has 20 heavy (non-hydrogen) atoms. The maximum atomic E-state index is 12.0. The highest BCUT2D eigenvalue weighted by molar-refractivity contribution is 5.96. The van der Waals surface area contributed by atoms with E-state index in [1.165, 1.54) is 12.3 Å². The molecule has 2 unspecified atom stereocenters. The van der Waals surface area contributed by atoms with Crippen molar-refractivity contribution in [2.24, 2.45) is 0 Å². The molecule has 2 aromatic rings. The van der Waals surface area contributed by atoms with Crippen LogP contribution in [0.5, 0.6) is 5.75 Å². The minimum Gasteiger partial charge on any atom is -0.507 e. The molecule has 1 heterocycles. The molecule has 1 aromatic carbocycles. The number of carbonyl (C=O) groups excluding carboxylic acids is 1. The molecule has 0 aliphatic rings. The van der Waals surface area contributed by atoms with Crippen molar-refractivity contribution in [1.29, 1.82) is 0 Å². The van der Waals surface area contributed by atoms with Crippen molar-refractivity contribution in [3.05, 3.63) is 54.0 Å². The van der Waals surface area contributed by atoms with Crippen LogP contribution < -0.4 is 5.32 Å². The largest absolute Gasteiger partial charge is 0.507 e. The quantitative estimate of drug-likeness (QED) is 0.781. The van der Waals surface area contributed by atoms with E-state index in [0.717, 1.165) is 0 Å². The Bertz CT molecular complexity index is 565. The number of aliphatic hydroxyl groups is 1. The van der Waals surface area contributed by atoms with Crippen molar-refractivity contribution in [1.82, 2.24) is 5.32 Å². The first kappa shape index (κ1) is 14.1. The maximum Gasteiger partial charge on any atom is 0.255 e. The summed E-state index contributed by atoms with van der Waals surface area (Å²) in [7, 11) is 0. The fourth-order valence-corrected chi connectivity index (χ4v) is 1.96. The van der Waals surface area contributed by atoms with E-state index in [-0.39, 0.29) is 23.3 Å². The van der Waals surface area contributed by atoms with Crippen LogP contribution in [0.4, 0.5) is 0 Å². The summed E-state index contributed by atoms with van der Waals surface area (Å²) in [5.74, 6) is 0.0275. The Morgan fingerprint density at radius 2 is 2.05 bits per heavy atom. The predicted octanol–water partition coefficient (Wildman–Crippen LogP) is 2.23.